The number of halogens is 1. The van der Waals surface area contributed by atoms with Gasteiger partial charge in [-0.05, 0) is 25.5 Å². The van der Waals surface area contributed by atoms with Crippen molar-refractivity contribution in [2.45, 2.75) is 25.3 Å². The summed E-state index contributed by atoms with van der Waals surface area (Å²) < 4.78 is 24.6. The van der Waals surface area contributed by atoms with E-state index in [1.165, 1.54) is 0 Å². The first-order valence-electron chi connectivity index (χ1n) is 6.31. The number of phenolic OH excluding ortho intramolecular Hbond substituents is 1. The van der Waals surface area contributed by atoms with Crippen molar-refractivity contribution in [3.05, 3.63) is 17.4 Å². The number of benzene rings is 1. The molecule has 0 aliphatic carbocycles. The highest BCUT2D eigenvalue weighted by atomic mass is 19.1. The molecular formula is C13H16FNO3. The van der Waals surface area contributed by atoms with Crippen LogP contribution in [0.1, 0.15) is 30.9 Å². The van der Waals surface area contributed by atoms with Crippen LogP contribution in [0.3, 0.4) is 0 Å². The Bertz CT molecular complexity index is 458. The van der Waals surface area contributed by atoms with Gasteiger partial charge in [0.15, 0.2) is 11.5 Å². The van der Waals surface area contributed by atoms with E-state index < -0.39 is 5.82 Å². The van der Waals surface area contributed by atoms with E-state index in [0.29, 0.717) is 24.5 Å². The Balaban J connectivity index is 2.01. The van der Waals surface area contributed by atoms with Crippen LogP contribution in [0.4, 0.5) is 4.39 Å². The molecule has 1 aromatic rings. The second-order valence-corrected chi connectivity index (χ2v) is 4.66. The molecule has 1 aromatic carbocycles. The van der Waals surface area contributed by atoms with Crippen molar-refractivity contribution in [3.8, 4) is 17.2 Å². The van der Waals surface area contributed by atoms with Gasteiger partial charge in [-0.3, -0.25) is 0 Å². The van der Waals surface area contributed by atoms with Crippen LogP contribution < -0.4 is 14.8 Å². The largest absolute Gasteiger partial charge is 0.504 e. The Morgan fingerprint density at radius 2 is 2.11 bits per heavy atom. The van der Waals surface area contributed by atoms with Gasteiger partial charge in [0.1, 0.15) is 13.2 Å². The average Bonchev–Trinajstić information content (AvgIpc) is 2.44. The van der Waals surface area contributed by atoms with Crippen molar-refractivity contribution in [2.75, 3.05) is 19.8 Å². The van der Waals surface area contributed by atoms with E-state index in [1.807, 2.05) is 0 Å². The molecule has 4 nitrogen and oxygen atoms in total. The van der Waals surface area contributed by atoms with Gasteiger partial charge < -0.3 is 19.9 Å². The molecule has 2 N–H and O–H groups in total. The van der Waals surface area contributed by atoms with Crippen molar-refractivity contribution < 1.29 is 19.0 Å². The van der Waals surface area contributed by atoms with E-state index in [1.54, 1.807) is 6.07 Å². The van der Waals surface area contributed by atoms with Crippen LogP contribution >= 0.6 is 0 Å². The monoisotopic (exact) mass is 253 g/mol. The van der Waals surface area contributed by atoms with Gasteiger partial charge in [0.05, 0.1) is 0 Å². The molecular weight excluding hydrogens is 237 g/mol. The van der Waals surface area contributed by atoms with Gasteiger partial charge in [-0.2, -0.15) is 4.39 Å². The lowest BCUT2D eigenvalue weighted by molar-refractivity contribution is 0.162. The summed E-state index contributed by atoms with van der Waals surface area (Å²) in [5, 5.41) is 13.2. The van der Waals surface area contributed by atoms with Crippen molar-refractivity contribution in [1.29, 1.82) is 0 Å². The number of hydrogen-bond acceptors (Lipinski definition) is 4. The minimum Gasteiger partial charge on any atom is -0.504 e. The number of aromatic hydroxyl groups is 1. The number of phenols is 1. The molecule has 18 heavy (non-hydrogen) atoms. The number of hydrogen-bond donors (Lipinski definition) is 2. The van der Waals surface area contributed by atoms with E-state index in [-0.39, 0.29) is 17.5 Å². The minimum absolute atomic E-state index is 0.0101. The van der Waals surface area contributed by atoms with Gasteiger partial charge in [-0.1, -0.05) is 6.42 Å². The number of rotatable bonds is 1. The van der Waals surface area contributed by atoms with Crippen LogP contribution in [-0.2, 0) is 0 Å². The molecule has 0 spiro atoms. The molecule has 1 atom stereocenters. The highest BCUT2D eigenvalue weighted by Crippen LogP contribution is 2.43. The van der Waals surface area contributed by atoms with Crippen LogP contribution in [0.25, 0.3) is 0 Å². The van der Waals surface area contributed by atoms with Gasteiger partial charge in [0.2, 0.25) is 11.6 Å². The van der Waals surface area contributed by atoms with Gasteiger partial charge in [-0.25, -0.2) is 0 Å². The first kappa shape index (κ1) is 11.6. The molecule has 2 aliphatic heterocycles. The van der Waals surface area contributed by atoms with Gasteiger partial charge in [0.25, 0.3) is 0 Å². The first-order valence-corrected chi connectivity index (χ1v) is 6.31. The molecule has 5 heteroatoms. The summed E-state index contributed by atoms with van der Waals surface area (Å²) in [5.41, 5.74) is 0.566. The lowest BCUT2D eigenvalue weighted by Gasteiger charge is -2.27. The lowest BCUT2D eigenvalue weighted by Crippen LogP contribution is -2.27. The van der Waals surface area contributed by atoms with Gasteiger partial charge in [-0.15, -0.1) is 0 Å². The van der Waals surface area contributed by atoms with Crippen LogP contribution in [0.5, 0.6) is 17.2 Å². The van der Waals surface area contributed by atoms with Gasteiger partial charge in [0, 0.05) is 11.6 Å². The third-order valence-corrected chi connectivity index (χ3v) is 3.46. The Labute approximate surface area is 105 Å². The highest BCUT2D eigenvalue weighted by molar-refractivity contribution is 5.53. The molecule has 1 unspecified atom stereocenters. The summed E-state index contributed by atoms with van der Waals surface area (Å²) in [7, 11) is 0. The third kappa shape index (κ3) is 1.88. The number of nitrogens with one attached hydrogen (secondary N) is 1. The zero-order chi connectivity index (χ0) is 12.5. The van der Waals surface area contributed by atoms with Crippen molar-refractivity contribution in [2.24, 2.45) is 0 Å². The number of piperidine rings is 1. The molecule has 98 valence electrons. The number of fused-ring (bicyclic) bond motifs is 1. The smallest absolute Gasteiger partial charge is 0.210 e. The van der Waals surface area contributed by atoms with Gasteiger partial charge >= 0.3 is 0 Å². The minimum atomic E-state index is -0.713. The maximum atomic E-state index is 14.0. The normalized spacial score (nSPS) is 22.8. The van der Waals surface area contributed by atoms with Crippen LogP contribution in [0.15, 0.2) is 6.07 Å². The second-order valence-electron chi connectivity index (χ2n) is 4.66. The predicted molar refractivity (Wildman–Crippen MR) is 63.6 cm³/mol. The zero-order valence-corrected chi connectivity index (χ0v) is 10.0. The maximum absolute atomic E-state index is 14.0. The predicted octanol–water partition coefficient (Wildman–Crippen LogP) is 2.12. The third-order valence-electron chi connectivity index (χ3n) is 3.46. The summed E-state index contributed by atoms with van der Waals surface area (Å²) in [6.07, 6.45) is 3.09. The Morgan fingerprint density at radius 1 is 1.28 bits per heavy atom. The summed E-state index contributed by atoms with van der Waals surface area (Å²) >= 11 is 0. The first-order chi connectivity index (χ1) is 8.77. The van der Waals surface area contributed by atoms with E-state index in [4.69, 9.17) is 9.47 Å². The lowest BCUT2D eigenvalue weighted by atomic mass is 9.96. The summed E-state index contributed by atoms with van der Waals surface area (Å²) in [5.74, 6) is -0.620. The molecule has 1 fully saturated rings. The summed E-state index contributed by atoms with van der Waals surface area (Å²) in [4.78, 5) is 0. The number of ether oxygens (including phenoxy) is 2. The van der Waals surface area contributed by atoms with E-state index in [0.717, 1.165) is 25.8 Å². The van der Waals surface area contributed by atoms with Crippen molar-refractivity contribution >= 4 is 0 Å². The average molecular weight is 253 g/mol. The maximum Gasteiger partial charge on any atom is 0.210 e. The van der Waals surface area contributed by atoms with E-state index in [2.05, 4.69) is 5.32 Å². The molecule has 2 aliphatic rings. The highest BCUT2D eigenvalue weighted by Gasteiger charge is 2.27. The Morgan fingerprint density at radius 3 is 2.89 bits per heavy atom. The molecule has 0 radical (unpaired) electrons. The molecule has 1 saturated heterocycles. The van der Waals surface area contributed by atoms with Crippen LogP contribution in [-0.4, -0.2) is 24.9 Å². The molecule has 0 saturated carbocycles. The molecule has 0 bridgehead atoms. The molecule has 2 heterocycles. The zero-order valence-electron chi connectivity index (χ0n) is 10.0. The molecule has 0 amide bonds. The Hall–Kier alpha value is -1.49. The standard InChI is InChI=1S/C13H16FNO3/c14-11-12(16)8(9-3-1-2-4-15-9)7-10-13(11)18-6-5-17-10/h7,9,15-16H,1-6H2. The fraction of sp³-hybridized carbons (Fsp3) is 0.538. The fourth-order valence-electron chi connectivity index (χ4n) is 2.54. The fourth-order valence-corrected chi connectivity index (χ4v) is 2.54. The van der Waals surface area contributed by atoms with E-state index >= 15 is 0 Å². The van der Waals surface area contributed by atoms with Crippen LogP contribution in [0.2, 0.25) is 0 Å². The molecule has 3 rings (SSSR count). The molecule has 0 aromatic heterocycles. The summed E-state index contributed by atoms with van der Waals surface area (Å²) in [6.45, 7) is 1.61. The van der Waals surface area contributed by atoms with Crippen molar-refractivity contribution in [3.63, 3.8) is 0 Å². The summed E-state index contributed by atoms with van der Waals surface area (Å²) in [6, 6.07) is 1.68. The SMILES string of the molecule is Oc1c(C2CCCCN2)cc2c(c1F)OCCO2. The van der Waals surface area contributed by atoms with E-state index in [9.17, 15) is 9.50 Å². The second kappa shape index (κ2) is 4.65. The van der Waals surface area contributed by atoms with Crippen molar-refractivity contribution in [1.82, 2.24) is 5.32 Å². The van der Waals surface area contributed by atoms with Crippen LogP contribution in [0, 0.1) is 5.82 Å². The Kier molecular flexibility index (Phi) is 2.99. The quantitative estimate of drug-likeness (QED) is 0.805. The topological polar surface area (TPSA) is 50.7 Å².